The van der Waals surface area contributed by atoms with Gasteiger partial charge in [0.25, 0.3) is 5.91 Å². The van der Waals surface area contributed by atoms with Crippen molar-refractivity contribution in [1.29, 1.82) is 0 Å². The van der Waals surface area contributed by atoms with Gasteiger partial charge in [0.1, 0.15) is 0 Å². The van der Waals surface area contributed by atoms with Crippen LogP contribution in [-0.2, 0) is 26.4 Å². The molecule has 1 unspecified atom stereocenters. The lowest BCUT2D eigenvalue weighted by Gasteiger charge is -2.25. The number of rotatable bonds is 6. The zero-order valence-corrected chi connectivity index (χ0v) is 23.3. The summed E-state index contributed by atoms with van der Waals surface area (Å²) in [6.07, 6.45) is 10.2. The number of aromatic nitrogens is 5. The highest BCUT2D eigenvalue weighted by Gasteiger charge is 2.29. The Kier molecular flexibility index (Phi) is 8.61. The Bertz CT molecular complexity index is 1410. The van der Waals surface area contributed by atoms with Crippen LogP contribution in [0.15, 0.2) is 47.3 Å². The molecule has 0 saturated carbocycles. The number of amides is 1. The van der Waals surface area contributed by atoms with Crippen LogP contribution in [0.4, 0.5) is 0 Å². The molecule has 4 aromatic rings. The molecule has 0 bridgehead atoms. The van der Waals surface area contributed by atoms with E-state index in [0.29, 0.717) is 42.8 Å². The number of aryl methyl sites for hydroxylation is 2. The van der Waals surface area contributed by atoms with E-state index in [4.69, 9.17) is 4.42 Å². The molecule has 3 aromatic heterocycles. The van der Waals surface area contributed by atoms with E-state index in [1.807, 2.05) is 20.9 Å². The predicted octanol–water partition coefficient (Wildman–Crippen LogP) is 6.10. The Hall–Kier alpha value is -3.94. The number of H-pyrrole nitrogens is 1. The summed E-state index contributed by atoms with van der Waals surface area (Å²) in [7, 11) is 1.87. The van der Waals surface area contributed by atoms with Gasteiger partial charge in [-0.25, -0.2) is 9.97 Å². The number of imidazole rings is 1. The average molecular weight is 515 g/mol. The maximum Gasteiger partial charge on any atom is 0.291 e. The van der Waals surface area contributed by atoms with Gasteiger partial charge in [-0.05, 0) is 43.7 Å². The van der Waals surface area contributed by atoms with Crippen LogP contribution in [0.2, 0.25) is 0 Å². The van der Waals surface area contributed by atoms with Crippen LogP contribution < -0.4 is 0 Å². The van der Waals surface area contributed by atoms with E-state index >= 15 is 0 Å². The summed E-state index contributed by atoms with van der Waals surface area (Å²) in [5, 5.41) is 4.22. The molecule has 1 amide bonds. The Balaban J connectivity index is 0.000000219. The van der Waals surface area contributed by atoms with Crippen molar-refractivity contribution in [1.82, 2.24) is 29.6 Å². The fourth-order valence-electron chi connectivity index (χ4n) is 4.62. The molecule has 8 heteroatoms. The highest BCUT2D eigenvalue weighted by atomic mass is 16.4. The van der Waals surface area contributed by atoms with Crippen LogP contribution in [0.25, 0.3) is 17.5 Å². The number of benzene rings is 1. The molecule has 0 aliphatic carbocycles. The minimum absolute atomic E-state index is 0.127. The third-order valence-electron chi connectivity index (χ3n) is 7.24. The normalized spacial score (nSPS) is 13.8. The lowest BCUT2D eigenvalue weighted by Crippen LogP contribution is -2.36. The molecule has 1 aliphatic rings. The second-order valence-electron chi connectivity index (χ2n) is 9.66. The quantitative estimate of drug-likeness (QED) is 0.336. The lowest BCUT2D eigenvalue weighted by atomic mass is 9.93. The minimum Gasteiger partial charge on any atom is -0.430 e. The predicted molar refractivity (Wildman–Crippen MR) is 150 cm³/mol. The van der Waals surface area contributed by atoms with Gasteiger partial charge >= 0.3 is 0 Å². The van der Waals surface area contributed by atoms with Gasteiger partial charge in [-0.2, -0.15) is 5.10 Å². The Morgan fingerprint density at radius 2 is 2.05 bits per heavy atom. The van der Waals surface area contributed by atoms with E-state index in [9.17, 15) is 4.79 Å². The second-order valence-corrected chi connectivity index (χ2v) is 9.66. The number of allylic oxidation sites excluding steroid dienone is 1. The molecule has 1 aliphatic heterocycles. The first-order valence-corrected chi connectivity index (χ1v) is 13.4. The number of carbonyl (C=O) groups excluding carboxylic acids is 1. The van der Waals surface area contributed by atoms with E-state index < -0.39 is 0 Å². The van der Waals surface area contributed by atoms with Crippen molar-refractivity contribution in [2.24, 2.45) is 7.05 Å². The smallest absolute Gasteiger partial charge is 0.291 e. The fraction of sp³-hybridized carbons (Fsp3) is 0.400. The fourth-order valence-corrected chi connectivity index (χ4v) is 4.62. The van der Waals surface area contributed by atoms with Crippen molar-refractivity contribution in [3.63, 3.8) is 0 Å². The third-order valence-corrected chi connectivity index (χ3v) is 7.24. The molecule has 0 saturated heterocycles. The van der Waals surface area contributed by atoms with Crippen molar-refractivity contribution in [2.45, 2.75) is 66.3 Å². The third kappa shape index (κ3) is 5.64. The van der Waals surface area contributed by atoms with Gasteiger partial charge in [0.15, 0.2) is 0 Å². The molecule has 38 heavy (non-hydrogen) atoms. The van der Waals surface area contributed by atoms with Crippen LogP contribution in [-0.4, -0.2) is 42.1 Å². The first-order valence-electron chi connectivity index (χ1n) is 13.4. The molecule has 200 valence electrons. The van der Waals surface area contributed by atoms with Gasteiger partial charge in [0.05, 0.1) is 41.7 Å². The maximum atomic E-state index is 13.0. The van der Waals surface area contributed by atoms with Crippen molar-refractivity contribution in [3.8, 4) is 11.5 Å². The number of nitrogens with zero attached hydrogens (tertiary/aromatic N) is 5. The molecular weight excluding hydrogens is 476 g/mol. The van der Waals surface area contributed by atoms with Gasteiger partial charge in [-0.3, -0.25) is 9.48 Å². The standard InChI is InChI=1S/C17H20N6O2.C13H18/c1-4-12-15(25-16(21-12)11-7-20-22(3)10(11)2)17(24)23-6-5-13-14(8-23)19-9-18-13;1-4-8-12-9-6-7-10-13(12)11(3)5-2/h7,9H,4-6,8H2,1-3H3,(H,18,19);4,6-11H,5H2,1-3H3/b;8-4-. The molecular formula is C30H38N6O2. The number of oxazole rings is 1. The van der Waals surface area contributed by atoms with E-state index in [-0.39, 0.29) is 5.91 Å². The molecule has 5 rings (SSSR count). The topological polar surface area (TPSA) is 92.8 Å². The number of aromatic amines is 1. The number of carbonyl (C=O) groups is 1. The summed E-state index contributed by atoms with van der Waals surface area (Å²) in [5.41, 5.74) is 7.28. The molecule has 0 radical (unpaired) electrons. The molecule has 0 spiro atoms. The largest absolute Gasteiger partial charge is 0.430 e. The van der Waals surface area contributed by atoms with Crippen LogP contribution in [0, 0.1) is 6.92 Å². The van der Waals surface area contributed by atoms with E-state index in [2.05, 4.69) is 77.2 Å². The number of fused-ring (bicyclic) bond motifs is 1. The van der Waals surface area contributed by atoms with Gasteiger partial charge in [0, 0.05) is 25.7 Å². The van der Waals surface area contributed by atoms with E-state index in [1.165, 1.54) is 17.5 Å². The number of nitrogens with one attached hydrogen (secondary N) is 1. The highest BCUT2D eigenvalue weighted by molar-refractivity contribution is 5.93. The zero-order valence-electron chi connectivity index (χ0n) is 23.3. The second kappa shape index (κ2) is 12.1. The summed E-state index contributed by atoms with van der Waals surface area (Å²) >= 11 is 0. The van der Waals surface area contributed by atoms with Crippen molar-refractivity contribution in [3.05, 3.63) is 82.5 Å². The van der Waals surface area contributed by atoms with Crippen LogP contribution in [0.3, 0.4) is 0 Å². The summed E-state index contributed by atoms with van der Waals surface area (Å²) < 4.78 is 7.65. The van der Waals surface area contributed by atoms with Gasteiger partial charge in [-0.1, -0.05) is 57.2 Å². The highest BCUT2D eigenvalue weighted by Crippen LogP contribution is 2.27. The SMILES string of the molecule is C/C=C\c1ccccc1C(C)CC.CCc1nc(-c2cnn(C)c2C)oc1C(=O)N1CCc2nc[nH]c2C1. The lowest BCUT2D eigenvalue weighted by molar-refractivity contribution is 0.0699. The number of hydrogen-bond acceptors (Lipinski definition) is 5. The summed E-state index contributed by atoms with van der Waals surface area (Å²) in [6.45, 7) is 11.6. The maximum absolute atomic E-state index is 13.0. The Labute approximate surface area is 224 Å². The van der Waals surface area contributed by atoms with Gasteiger partial charge in [0.2, 0.25) is 11.7 Å². The van der Waals surface area contributed by atoms with E-state index in [0.717, 1.165) is 29.1 Å². The van der Waals surface area contributed by atoms with Crippen molar-refractivity contribution in [2.75, 3.05) is 6.54 Å². The summed E-state index contributed by atoms with van der Waals surface area (Å²) in [6, 6.07) is 8.63. The molecule has 1 N–H and O–H groups in total. The number of hydrogen-bond donors (Lipinski definition) is 1. The van der Waals surface area contributed by atoms with Crippen LogP contribution >= 0.6 is 0 Å². The van der Waals surface area contributed by atoms with Gasteiger partial charge in [-0.15, -0.1) is 0 Å². The monoisotopic (exact) mass is 514 g/mol. The molecule has 0 fully saturated rings. The van der Waals surface area contributed by atoms with Crippen molar-refractivity contribution >= 4 is 12.0 Å². The molecule has 1 aromatic carbocycles. The Morgan fingerprint density at radius 1 is 1.26 bits per heavy atom. The Morgan fingerprint density at radius 3 is 2.74 bits per heavy atom. The first-order chi connectivity index (χ1) is 18.4. The molecule has 4 heterocycles. The summed E-state index contributed by atoms with van der Waals surface area (Å²) in [5.74, 6) is 1.30. The minimum atomic E-state index is -0.127. The first kappa shape index (κ1) is 27.1. The molecule has 1 atom stereocenters. The van der Waals surface area contributed by atoms with Crippen molar-refractivity contribution < 1.29 is 9.21 Å². The van der Waals surface area contributed by atoms with Crippen LogP contribution in [0.5, 0.6) is 0 Å². The zero-order chi connectivity index (χ0) is 27.2. The summed E-state index contributed by atoms with van der Waals surface area (Å²) in [4.78, 5) is 26.7. The average Bonchev–Trinajstić information content (AvgIpc) is 3.67. The van der Waals surface area contributed by atoms with Crippen LogP contribution in [0.1, 0.15) is 84.5 Å². The molecule has 8 nitrogen and oxygen atoms in total. The van der Waals surface area contributed by atoms with Gasteiger partial charge < -0.3 is 14.3 Å². The van der Waals surface area contributed by atoms with E-state index in [1.54, 1.807) is 22.1 Å².